The summed E-state index contributed by atoms with van der Waals surface area (Å²) in [5.74, 6) is -1.68. The zero-order valence-corrected chi connectivity index (χ0v) is 26.0. The predicted octanol–water partition coefficient (Wildman–Crippen LogP) is 1.59. The van der Waals surface area contributed by atoms with Gasteiger partial charge >= 0.3 is 6.09 Å². The number of piperidine rings is 1. The Morgan fingerprint density at radius 1 is 1.02 bits per heavy atom. The van der Waals surface area contributed by atoms with Crippen LogP contribution in [0.5, 0.6) is 0 Å². The van der Waals surface area contributed by atoms with Gasteiger partial charge in [-0.2, -0.15) is 4.72 Å². The van der Waals surface area contributed by atoms with Crippen molar-refractivity contribution in [2.75, 3.05) is 32.7 Å². The number of carbonyl (C=O) groups excluding carboxylic acids is 3. The summed E-state index contributed by atoms with van der Waals surface area (Å²) in [6.07, 6.45) is 5.50. The molecule has 2 aliphatic rings. The fraction of sp³-hybridized carbons (Fsp3) is 0.419. The van der Waals surface area contributed by atoms with Crippen molar-refractivity contribution >= 4 is 44.6 Å². The molecule has 1 saturated carbocycles. The van der Waals surface area contributed by atoms with E-state index in [0.717, 1.165) is 11.8 Å². The fourth-order valence-electron chi connectivity index (χ4n) is 5.55. The average molecular weight is 652 g/mol. The summed E-state index contributed by atoms with van der Waals surface area (Å²) in [4.78, 5) is 61.6. The fourth-order valence-corrected chi connectivity index (χ4v) is 6.77. The first-order valence-electron chi connectivity index (χ1n) is 15.2. The second-order valence-corrected chi connectivity index (χ2v) is 13.3. The van der Waals surface area contributed by atoms with E-state index in [9.17, 15) is 32.7 Å². The van der Waals surface area contributed by atoms with Gasteiger partial charge in [0.2, 0.25) is 21.8 Å². The molecule has 2 heterocycles. The van der Waals surface area contributed by atoms with Gasteiger partial charge in [0.25, 0.3) is 5.91 Å². The van der Waals surface area contributed by atoms with E-state index in [4.69, 9.17) is 0 Å². The molecule has 4 N–H and O–H groups in total. The standard InChI is InChI=1S/C31H37N7O7S/c39-28(35-18-21-4-3-14-37(20-21)31(42)43)17-26(36-46(44,45)25-10-7-22-5-1-2-6-23(22)16-25)30(41)38(24-8-9-24)15-13-34-29(40)27-19-32-11-12-33-27/h1-2,5-7,10-12,16,19,21,24,26,36H,3-4,8-9,13-15,17-18,20H2,(H,34,40)(H,35,39)(H,42,43)/t21-,26-/m0/s1. The molecule has 3 aromatic rings. The zero-order chi connectivity index (χ0) is 32.7. The van der Waals surface area contributed by atoms with Crippen LogP contribution < -0.4 is 15.4 Å². The third kappa shape index (κ3) is 8.54. The molecule has 5 rings (SSSR count). The van der Waals surface area contributed by atoms with Gasteiger partial charge in [0.05, 0.1) is 17.5 Å². The Morgan fingerprint density at radius 3 is 2.52 bits per heavy atom. The Bertz CT molecular complexity index is 1680. The minimum Gasteiger partial charge on any atom is -0.465 e. The number of benzene rings is 2. The van der Waals surface area contributed by atoms with Crippen molar-refractivity contribution in [1.29, 1.82) is 0 Å². The van der Waals surface area contributed by atoms with E-state index in [1.165, 1.54) is 40.5 Å². The second-order valence-electron chi connectivity index (χ2n) is 11.5. The maximum Gasteiger partial charge on any atom is 0.407 e. The molecule has 15 heteroatoms. The lowest BCUT2D eigenvalue weighted by Crippen LogP contribution is -2.52. The number of hydrogen-bond donors (Lipinski definition) is 4. The maximum absolute atomic E-state index is 14.0. The molecular formula is C31H37N7O7S. The van der Waals surface area contributed by atoms with Crippen LogP contribution >= 0.6 is 0 Å². The molecule has 2 fully saturated rings. The van der Waals surface area contributed by atoms with Crippen LogP contribution in [0.2, 0.25) is 0 Å². The molecule has 0 unspecified atom stereocenters. The molecular weight excluding hydrogens is 614 g/mol. The van der Waals surface area contributed by atoms with Gasteiger partial charge in [0.15, 0.2) is 0 Å². The number of sulfonamides is 1. The lowest BCUT2D eigenvalue weighted by atomic mass is 9.98. The van der Waals surface area contributed by atoms with Gasteiger partial charge in [-0.25, -0.2) is 18.2 Å². The number of rotatable bonds is 13. The summed E-state index contributed by atoms with van der Waals surface area (Å²) in [6, 6.07) is 10.3. The topological polar surface area (TPSA) is 191 Å². The number of carbonyl (C=O) groups is 4. The van der Waals surface area contributed by atoms with E-state index < -0.39 is 46.3 Å². The number of amides is 4. The van der Waals surface area contributed by atoms with Crippen molar-refractivity contribution < 1.29 is 32.7 Å². The number of nitrogens with zero attached hydrogens (tertiary/aromatic N) is 4. The van der Waals surface area contributed by atoms with Gasteiger partial charge in [-0.05, 0) is 54.5 Å². The van der Waals surface area contributed by atoms with Gasteiger partial charge in [-0.3, -0.25) is 19.4 Å². The normalized spacial score (nSPS) is 17.2. The minimum atomic E-state index is -4.24. The Labute approximate surface area is 266 Å². The van der Waals surface area contributed by atoms with E-state index in [0.29, 0.717) is 31.2 Å². The molecule has 14 nitrogen and oxygen atoms in total. The summed E-state index contributed by atoms with van der Waals surface area (Å²) in [5.41, 5.74) is 0.119. The van der Waals surface area contributed by atoms with Gasteiger partial charge in [-0.15, -0.1) is 0 Å². The van der Waals surface area contributed by atoms with Crippen LogP contribution in [0.4, 0.5) is 4.79 Å². The third-order valence-electron chi connectivity index (χ3n) is 8.10. The molecule has 46 heavy (non-hydrogen) atoms. The molecule has 4 amide bonds. The van der Waals surface area contributed by atoms with Crippen LogP contribution in [0, 0.1) is 5.92 Å². The summed E-state index contributed by atoms with van der Waals surface area (Å²) in [5, 5.41) is 16.4. The monoisotopic (exact) mass is 651 g/mol. The van der Waals surface area contributed by atoms with Crippen LogP contribution in [0.15, 0.2) is 66.0 Å². The molecule has 0 bridgehead atoms. The van der Waals surface area contributed by atoms with E-state index in [-0.39, 0.29) is 48.7 Å². The number of aromatic nitrogens is 2. The molecule has 244 valence electrons. The first-order chi connectivity index (χ1) is 22.1. The van der Waals surface area contributed by atoms with Crippen LogP contribution in [-0.2, 0) is 19.6 Å². The lowest BCUT2D eigenvalue weighted by Gasteiger charge is -2.31. The summed E-state index contributed by atoms with van der Waals surface area (Å²) in [7, 11) is -4.24. The molecule has 1 aliphatic carbocycles. The summed E-state index contributed by atoms with van der Waals surface area (Å²) >= 11 is 0. The number of likely N-dealkylation sites (tertiary alicyclic amines) is 1. The maximum atomic E-state index is 14.0. The predicted molar refractivity (Wildman–Crippen MR) is 167 cm³/mol. The molecule has 2 atom stereocenters. The van der Waals surface area contributed by atoms with Crippen LogP contribution in [0.25, 0.3) is 10.8 Å². The summed E-state index contributed by atoms with van der Waals surface area (Å²) in [6.45, 7) is 1.08. The highest BCUT2D eigenvalue weighted by Gasteiger charge is 2.38. The Hall–Kier alpha value is -4.63. The van der Waals surface area contributed by atoms with Gasteiger partial charge in [0.1, 0.15) is 11.7 Å². The highest BCUT2D eigenvalue weighted by Crippen LogP contribution is 2.28. The number of fused-ring (bicyclic) bond motifs is 1. The first-order valence-corrected chi connectivity index (χ1v) is 16.7. The van der Waals surface area contributed by atoms with Crippen LogP contribution in [0.3, 0.4) is 0 Å². The van der Waals surface area contributed by atoms with E-state index in [1.807, 2.05) is 12.1 Å². The molecule has 1 aliphatic heterocycles. The highest BCUT2D eigenvalue weighted by atomic mass is 32.2. The Kier molecular flexibility index (Phi) is 10.4. The van der Waals surface area contributed by atoms with E-state index >= 15 is 0 Å². The largest absolute Gasteiger partial charge is 0.465 e. The highest BCUT2D eigenvalue weighted by molar-refractivity contribution is 7.89. The van der Waals surface area contributed by atoms with E-state index in [1.54, 1.807) is 18.2 Å². The summed E-state index contributed by atoms with van der Waals surface area (Å²) < 4.78 is 29.7. The Balaban J connectivity index is 1.30. The Morgan fingerprint density at radius 2 is 1.80 bits per heavy atom. The van der Waals surface area contributed by atoms with Crippen molar-refractivity contribution in [3.63, 3.8) is 0 Å². The van der Waals surface area contributed by atoms with Gasteiger partial charge < -0.3 is 25.5 Å². The minimum absolute atomic E-state index is 0.0467. The van der Waals surface area contributed by atoms with Gasteiger partial charge in [-0.1, -0.05) is 30.3 Å². The quantitative estimate of drug-likeness (QED) is 0.213. The molecule has 0 radical (unpaired) electrons. The molecule has 2 aromatic carbocycles. The zero-order valence-electron chi connectivity index (χ0n) is 25.2. The SMILES string of the molecule is O=C(C[C@H](NS(=O)(=O)c1ccc2ccccc2c1)C(=O)N(CCNC(=O)c1cnccn1)C1CC1)NC[C@@H]1CCCN(C(=O)O)C1. The number of nitrogens with one attached hydrogen (secondary N) is 3. The van der Waals surface area contributed by atoms with Crippen molar-refractivity contribution in [2.45, 2.75) is 49.1 Å². The van der Waals surface area contributed by atoms with Gasteiger partial charge in [0, 0.05) is 51.2 Å². The van der Waals surface area contributed by atoms with Crippen molar-refractivity contribution in [1.82, 2.24) is 35.1 Å². The third-order valence-corrected chi connectivity index (χ3v) is 9.57. The molecule has 1 aromatic heterocycles. The van der Waals surface area contributed by atoms with Crippen LogP contribution in [0.1, 0.15) is 42.6 Å². The van der Waals surface area contributed by atoms with Crippen LogP contribution in [-0.4, -0.2) is 102 Å². The van der Waals surface area contributed by atoms with Crippen molar-refractivity contribution in [3.8, 4) is 0 Å². The van der Waals surface area contributed by atoms with E-state index in [2.05, 4.69) is 25.3 Å². The first kappa shape index (κ1) is 32.8. The van der Waals surface area contributed by atoms with Crippen molar-refractivity contribution in [2.24, 2.45) is 5.92 Å². The molecule has 0 spiro atoms. The molecule has 1 saturated heterocycles. The number of carboxylic acid groups (broad SMARTS) is 1. The van der Waals surface area contributed by atoms with Crippen molar-refractivity contribution in [3.05, 3.63) is 66.7 Å². The lowest BCUT2D eigenvalue weighted by molar-refractivity contribution is -0.136. The smallest absolute Gasteiger partial charge is 0.407 e. The second kappa shape index (κ2) is 14.6. The average Bonchev–Trinajstić information content (AvgIpc) is 3.91. The number of hydrogen-bond acceptors (Lipinski definition) is 8.